The average Bonchev–Trinajstić information content (AvgIpc) is 3.18. The monoisotopic (exact) mass is 565 g/mol. The van der Waals surface area contributed by atoms with Crippen LogP contribution in [0.25, 0.3) is 0 Å². The molecule has 4 N–H and O–H groups in total. The Morgan fingerprint density at radius 1 is 1.20 bits per heavy atom. The van der Waals surface area contributed by atoms with E-state index in [0.29, 0.717) is 17.8 Å². The van der Waals surface area contributed by atoms with Gasteiger partial charge in [0.2, 0.25) is 0 Å². The van der Waals surface area contributed by atoms with E-state index in [1.165, 1.54) is 0 Å². The summed E-state index contributed by atoms with van der Waals surface area (Å²) in [5.74, 6) is -0.0690. The minimum atomic E-state index is -4.82. The van der Waals surface area contributed by atoms with Crippen molar-refractivity contribution in [1.82, 2.24) is 30.6 Å². The van der Waals surface area contributed by atoms with E-state index in [2.05, 4.69) is 41.9 Å². The minimum Gasteiger partial charge on any atom is -0.378 e. The number of carbonyl (C=O) groups excluding carboxylic acids is 1. The van der Waals surface area contributed by atoms with E-state index in [1.54, 1.807) is 12.0 Å². The molecule has 0 aliphatic carbocycles. The van der Waals surface area contributed by atoms with Crippen molar-refractivity contribution in [2.75, 3.05) is 44.6 Å². The van der Waals surface area contributed by atoms with Crippen LogP contribution in [0.5, 0.6) is 0 Å². The maximum atomic E-state index is 13.2. The van der Waals surface area contributed by atoms with E-state index in [9.17, 15) is 22.8 Å². The van der Waals surface area contributed by atoms with Crippen molar-refractivity contribution in [3.63, 3.8) is 0 Å². The molecule has 196 valence electrons. The van der Waals surface area contributed by atoms with Gasteiger partial charge in [-0.1, -0.05) is 15.9 Å². The number of ether oxygens (including phenoxy) is 1. The third-order valence-electron chi connectivity index (χ3n) is 6.65. The number of amides is 1. The normalized spacial score (nSPS) is 27.9. The van der Waals surface area contributed by atoms with Gasteiger partial charge in [0, 0.05) is 56.1 Å². The Kier molecular flexibility index (Phi) is 8.36. The molecule has 0 unspecified atom stereocenters. The first-order chi connectivity index (χ1) is 16.6. The van der Waals surface area contributed by atoms with E-state index in [1.807, 2.05) is 4.90 Å². The van der Waals surface area contributed by atoms with Gasteiger partial charge in [-0.3, -0.25) is 25.1 Å². The zero-order chi connectivity index (χ0) is 25.2. The van der Waals surface area contributed by atoms with Crippen molar-refractivity contribution >= 4 is 27.5 Å². The lowest BCUT2D eigenvalue weighted by Gasteiger charge is -2.42. The fraction of sp³-hybridized carbons (Fsp3) is 0.762. The Balaban J connectivity index is 1.24. The molecular formula is C21H31BrF3N7O3. The first-order valence-corrected chi connectivity index (χ1v) is 12.7. The van der Waals surface area contributed by atoms with E-state index in [-0.39, 0.29) is 24.8 Å². The third kappa shape index (κ3) is 6.34. The standard InChI is InChI=1S/C21H31BrF3N7O3/c1-12(29-15-10-28-30-18(33)17(15)21(23,24)25)11-35-16-4-7-32(19(16)34)14-2-5-31(6-3-14)20-26-8-13(22)9-27-20/h10,12-14,16,20,26-27H,2-9,11H2,1H3,(H2,29,30,33)/t12-,13?,16+,20?/m0/s1. The zero-order valence-corrected chi connectivity index (χ0v) is 21.0. The lowest BCUT2D eigenvalue weighted by atomic mass is 10.0. The fourth-order valence-corrected chi connectivity index (χ4v) is 5.26. The molecule has 1 aromatic rings. The summed E-state index contributed by atoms with van der Waals surface area (Å²) in [7, 11) is 0. The summed E-state index contributed by atoms with van der Waals surface area (Å²) in [6.45, 7) is 5.82. The van der Waals surface area contributed by atoms with Gasteiger partial charge in [-0.15, -0.1) is 0 Å². The molecule has 10 nitrogen and oxygen atoms in total. The number of piperidine rings is 1. The molecule has 0 spiro atoms. The molecule has 1 amide bonds. The second kappa shape index (κ2) is 11.1. The summed E-state index contributed by atoms with van der Waals surface area (Å²) in [6, 6.07) is -0.411. The summed E-state index contributed by atoms with van der Waals surface area (Å²) in [6.07, 6.45) is -2.06. The van der Waals surface area contributed by atoms with Crippen LogP contribution in [-0.4, -0.2) is 94.5 Å². The topological polar surface area (TPSA) is 115 Å². The average molecular weight is 566 g/mol. The van der Waals surface area contributed by atoms with Crippen LogP contribution < -0.4 is 21.5 Å². The first kappa shape index (κ1) is 26.3. The van der Waals surface area contributed by atoms with Crippen LogP contribution in [0, 0.1) is 0 Å². The lowest BCUT2D eigenvalue weighted by molar-refractivity contribution is -0.140. The van der Waals surface area contributed by atoms with Gasteiger partial charge in [-0.05, 0) is 19.8 Å². The zero-order valence-electron chi connectivity index (χ0n) is 19.4. The van der Waals surface area contributed by atoms with Crippen LogP contribution in [0.3, 0.4) is 0 Å². The maximum Gasteiger partial charge on any atom is 0.423 e. The molecule has 4 heterocycles. The van der Waals surface area contributed by atoms with Gasteiger partial charge in [0.05, 0.1) is 18.5 Å². The molecule has 0 radical (unpaired) electrons. The number of anilines is 1. The quantitative estimate of drug-likeness (QED) is 0.361. The highest BCUT2D eigenvalue weighted by atomic mass is 79.9. The summed E-state index contributed by atoms with van der Waals surface area (Å²) in [5.41, 5.74) is -3.07. The third-order valence-corrected chi connectivity index (χ3v) is 7.30. The predicted molar refractivity (Wildman–Crippen MR) is 126 cm³/mol. The molecule has 2 atom stereocenters. The van der Waals surface area contributed by atoms with Gasteiger partial charge in [-0.25, -0.2) is 5.10 Å². The summed E-state index contributed by atoms with van der Waals surface area (Å²) < 4.78 is 45.5. The molecule has 3 fully saturated rings. The highest BCUT2D eigenvalue weighted by molar-refractivity contribution is 9.09. The lowest BCUT2D eigenvalue weighted by Crippen LogP contribution is -2.63. The number of hydrogen-bond acceptors (Lipinski definition) is 8. The number of H-pyrrole nitrogens is 1. The Morgan fingerprint density at radius 3 is 2.54 bits per heavy atom. The van der Waals surface area contributed by atoms with E-state index < -0.39 is 35.1 Å². The van der Waals surface area contributed by atoms with Gasteiger partial charge in [0.15, 0.2) is 0 Å². The molecule has 35 heavy (non-hydrogen) atoms. The van der Waals surface area contributed by atoms with Crippen LogP contribution in [0.1, 0.15) is 31.7 Å². The number of rotatable bonds is 7. The van der Waals surface area contributed by atoms with Gasteiger partial charge in [0.25, 0.3) is 11.5 Å². The minimum absolute atomic E-state index is 0.0143. The number of alkyl halides is 4. The molecule has 3 aliphatic heterocycles. The highest BCUT2D eigenvalue weighted by Gasteiger charge is 2.40. The van der Waals surface area contributed by atoms with Crippen LogP contribution in [0.2, 0.25) is 0 Å². The van der Waals surface area contributed by atoms with Crippen molar-refractivity contribution < 1.29 is 22.7 Å². The number of nitrogens with one attached hydrogen (secondary N) is 4. The molecule has 3 saturated heterocycles. The predicted octanol–water partition coefficient (Wildman–Crippen LogP) is 0.911. The SMILES string of the molecule is C[C@@H](CO[C@@H]1CCN(C2CCN(C3NCC(Br)CN3)CC2)C1=O)Nc1cn[nH]c(=O)c1C(F)(F)F. The Bertz CT molecular complexity index is 933. The number of aromatic amines is 1. The molecular weight excluding hydrogens is 535 g/mol. The second-order valence-corrected chi connectivity index (χ2v) is 10.6. The molecule has 4 rings (SSSR count). The molecule has 0 saturated carbocycles. The second-order valence-electron chi connectivity index (χ2n) is 9.26. The fourth-order valence-electron chi connectivity index (χ4n) is 4.89. The largest absolute Gasteiger partial charge is 0.423 e. The number of likely N-dealkylation sites (tertiary alicyclic amines) is 2. The van der Waals surface area contributed by atoms with E-state index >= 15 is 0 Å². The van der Waals surface area contributed by atoms with Gasteiger partial charge in [-0.2, -0.15) is 18.3 Å². The first-order valence-electron chi connectivity index (χ1n) is 11.8. The summed E-state index contributed by atoms with van der Waals surface area (Å²) in [5, 5.41) is 14.8. The van der Waals surface area contributed by atoms with Gasteiger partial charge < -0.3 is 15.0 Å². The molecule has 1 aromatic heterocycles. The van der Waals surface area contributed by atoms with Crippen molar-refractivity contribution in [2.24, 2.45) is 0 Å². The highest BCUT2D eigenvalue weighted by Crippen LogP contribution is 2.31. The summed E-state index contributed by atoms with van der Waals surface area (Å²) >= 11 is 3.59. The number of halogens is 4. The Hall–Kier alpha value is -1.74. The van der Waals surface area contributed by atoms with Crippen LogP contribution >= 0.6 is 15.9 Å². The Labute approximate surface area is 209 Å². The van der Waals surface area contributed by atoms with Crippen LogP contribution in [0.15, 0.2) is 11.0 Å². The van der Waals surface area contributed by atoms with Gasteiger partial charge in [0.1, 0.15) is 18.0 Å². The van der Waals surface area contributed by atoms with Crippen molar-refractivity contribution in [2.45, 2.75) is 61.7 Å². The van der Waals surface area contributed by atoms with Crippen LogP contribution in [0.4, 0.5) is 18.9 Å². The molecule has 0 aromatic carbocycles. The van der Waals surface area contributed by atoms with Gasteiger partial charge >= 0.3 is 6.18 Å². The van der Waals surface area contributed by atoms with Crippen molar-refractivity contribution in [1.29, 1.82) is 0 Å². The van der Waals surface area contributed by atoms with E-state index in [4.69, 9.17) is 4.74 Å². The number of carbonyl (C=O) groups is 1. The Morgan fingerprint density at radius 2 is 1.89 bits per heavy atom. The van der Waals surface area contributed by atoms with Crippen molar-refractivity contribution in [3.8, 4) is 0 Å². The number of aromatic nitrogens is 2. The van der Waals surface area contributed by atoms with Crippen molar-refractivity contribution in [3.05, 3.63) is 22.1 Å². The molecule has 0 bridgehead atoms. The smallest absolute Gasteiger partial charge is 0.378 e. The van der Waals surface area contributed by atoms with E-state index in [0.717, 1.165) is 45.2 Å². The van der Waals surface area contributed by atoms with Crippen LogP contribution in [-0.2, 0) is 15.7 Å². The molecule has 3 aliphatic rings. The number of hydrogen-bond donors (Lipinski definition) is 4. The summed E-state index contributed by atoms with van der Waals surface area (Å²) in [4.78, 5) is 29.2. The number of nitrogens with zero attached hydrogens (tertiary/aromatic N) is 3. The molecule has 14 heteroatoms. The maximum absolute atomic E-state index is 13.2.